The van der Waals surface area contributed by atoms with Gasteiger partial charge in [0.05, 0.1) is 12.8 Å². The highest BCUT2D eigenvalue weighted by Gasteiger charge is 2.28. The average molecular weight is 366 g/mol. The number of rotatable bonds is 6. The van der Waals surface area contributed by atoms with Gasteiger partial charge >= 0.3 is 0 Å². The number of aromatic nitrogens is 1. The smallest absolute Gasteiger partial charge is 0.217 e. The second-order valence-corrected chi connectivity index (χ2v) is 8.30. The van der Waals surface area contributed by atoms with Crippen LogP contribution in [0.1, 0.15) is 61.3 Å². The molecule has 2 nitrogen and oxygen atoms in total. The van der Waals surface area contributed by atoms with Crippen LogP contribution in [0.25, 0.3) is 5.57 Å². The molecule has 4 rings (SSSR count). The van der Waals surface area contributed by atoms with Crippen LogP contribution in [0, 0.1) is 5.92 Å². The molecule has 0 amide bonds. The topological polar surface area (TPSA) is 22.1 Å². The van der Waals surface area contributed by atoms with Crippen molar-refractivity contribution in [2.75, 3.05) is 13.4 Å². The standard InChI is InChI=1S/C23H27NOS/c1-25-23-20(17-7-8-17)13-14-22(24-23)21(15-16-5-3-4-6-16)18-9-11-19(26-2)12-10-18/h9-17H,3-8H2,1-2H3/b21-15-. The van der Waals surface area contributed by atoms with E-state index in [0.29, 0.717) is 11.8 Å². The number of ether oxygens (including phenoxy) is 1. The molecule has 1 aromatic carbocycles. The van der Waals surface area contributed by atoms with Crippen molar-refractivity contribution in [2.45, 2.75) is 49.3 Å². The predicted octanol–water partition coefficient (Wildman–Crippen LogP) is 6.31. The van der Waals surface area contributed by atoms with Crippen molar-refractivity contribution < 1.29 is 4.74 Å². The fourth-order valence-electron chi connectivity index (χ4n) is 3.93. The van der Waals surface area contributed by atoms with Crippen LogP contribution in [-0.2, 0) is 0 Å². The normalized spacial score (nSPS) is 18.3. The first-order chi connectivity index (χ1) is 12.8. The number of allylic oxidation sites excluding steroid dienone is 1. The molecule has 2 aliphatic rings. The number of methoxy groups -OCH3 is 1. The molecule has 1 aromatic heterocycles. The van der Waals surface area contributed by atoms with Gasteiger partial charge in [-0.1, -0.05) is 37.1 Å². The van der Waals surface area contributed by atoms with Gasteiger partial charge in [0.2, 0.25) is 5.88 Å². The van der Waals surface area contributed by atoms with Gasteiger partial charge in [-0.25, -0.2) is 4.98 Å². The van der Waals surface area contributed by atoms with Crippen molar-refractivity contribution in [3.63, 3.8) is 0 Å². The van der Waals surface area contributed by atoms with Crippen LogP contribution in [-0.4, -0.2) is 18.3 Å². The van der Waals surface area contributed by atoms with Crippen molar-refractivity contribution in [1.82, 2.24) is 4.98 Å². The van der Waals surface area contributed by atoms with E-state index < -0.39 is 0 Å². The Labute approximate surface area is 161 Å². The molecule has 26 heavy (non-hydrogen) atoms. The van der Waals surface area contributed by atoms with Crippen molar-refractivity contribution >= 4 is 17.3 Å². The minimum atomic E-state index is 0.648. The molecule has 0 aliphatic heterocycles. The molecule has 0 radical (unpaired) electrons. The molecule has 0 spiro atoms. The third-order valence-corrected chi connectivity index (χ3v) is 6.32. The van der Waals surface area contributed by atoms with Gasteiger partial charge in [0.15, 0.2) is 0 Å². The van der Waals surface area contributed by atoms with Crippen LogP contribution >= 0.6 is 11.8 Å². The summed E-state index contributed by atoms with van der Waals surface area (Å²) in [5, 5.41) is 0. The summed E-state index contributed by atoms with van der Waals surface area (Å²) in [7, 11) is 1.74. The zero-order valence-corrected chi connectivity index (χ0v) is 16.5. The van der Waals surface area contributed by atoms with Gasteiger partial charge in [0.25, 0.3) is 0 Å². The fraction of sp³-hybridized carbons (Fsp3) is 0.435. The van der Waals surface area contributed by atoms with Gasteiger partial charge in [-0.15, -0.1) is 11.8 Å². The summed E-state index contributed by atoms with van der Waals surface area (Å²) in [6.07, 6.45) is 12.4. The van der Waals surface area contributed by atoms with E-state index in [1.165, 1.54) is 60.1 Å². The lowest BCUT2D eigenvalue weighted by atomic mass is 9.95. The molecule has 0 unspecified atom stereocenters. The van der Waals surface area contributed by atoms with E-state index in [4.69, 9.17) is 9.72 Å². The van der Waals surface area contributed by atoms with Crippen LogP contribution in [0.3, 0.4) is 0 Å². The quantitative estimate of drug-likeness (QED) is 0.560. The summed E-state index contributed by atoms with van der Waals surface area (Å²) in [6, 6.07) is 13.3. The van der Waals surface area contributed by atoms with E-state index in [0.717, 1.165) is 11.6 Å². The third-order valence-electron chi connectivity index (χ3n) is 5.58. The van der Waals surface area contributed by atoms with E-state index in [9.17, 15) is 0 Å². The summed E-state index contributed by atoms with van der Waals surface area (Å²) in [6.45, 7) is 0. The Morgan fingerprint density at radius 3 is 2.38 bits per heavy atom. The molecule has 0 saturated heterocycles. The molecule has 2 fully saturated rings. The Kier molecular flexibility index (Phi) is 5.35. The SMILES string of the molecule is COc1nc(/C(=C\C2CCCC2)c2ccc(SC)cc2)ccc1C1CC1. The Morgan fingerprint density at radius 2 is 1.77 bits per heavy atom. The van der Waals surface area contributed by atoms with E-state index in [1.54, 1.807) is 18.9 Å². The van der Waals surface area contributed by atoms with Crippen molar-refractivity contribution in [1.29, 1.82) is 0 Å². The van der Waals surface area contributed by atoms with Gasteiger partial charge < -0.3 is 4.74 Å². The van der Waals surface area contributed by atoms with Gasteiger partial charge in [-0.3, -0.25) is 0 Å². The van der Waals surface area contributed by atoms with Gasteiger partial charge in [0.1, 0.15) is 0 Å². The monoisotopic (exact) mass is 365 g/mol. The zero-order chi connectivity index (χ0) is 17.9. The molecule has 0 bridgehead atoms. The lowest BCUT2D eigenvalue weighted by molar-refractivity contribution is 0.392. The third kappa shape index (κ3) is 3.83. The van der Waals surface area contributed by atoms with Gasteiger partial charge in [-0.2, -0.15) is 0 Å². The van der Waals surface area contributed by atoms with Crippen LogP contribution in [0.4, 0.5) is 0 Å². The largest absolute Gasteiger partial charge is 0.481 e. The van der Waals surface area contributed by atoms with E-state index in [-0.39, 0.29) is 0 Å². The highest BCUT2D eigenvalue weighted by atomic mass is 32.2. The first-order valence-corrected chi connectivity index (χ1v) is 10.9. The van der Waals surface area contributed by atoms with Crippen LogP contribution in [0.2, 0.25) is 0 Å². The molecule has 2 saturated carbocycles. The molecule has 2 aromatic rings. The molecular weight excluding hydrogens is 338 g/mol. The van der Waals surface area contributed by atoms with Crippen molar-refractivity contribution in [2.24, 2.45) is 5.92 Å². The number of hydrogen-bond acceptors (Lipinski definition) is 3. The van der Waals surface area contributed by atoms with E-state index in [1.807, 2.05) is 0 Å². The summed E-state index contributed by atoms with van der Waals surface area (Å²) < 4.78 is 5.64. The first-order valence-electron chi connectivity index (χ1n) is 9.70. The number of pyridine rings is 1. The highest BCUT2D eigenvalue weighted by Crippen LogP contribution is 2.44. The molecule has 0 N–H and O–H groups in total. The minimum Gasteiger partial charge on any atom is -0.481 e. The maximum atomic E-state index is 5.64. The maximum Gasteiger partial charge on any atom is 0.217 e. The Hall–Kier alpha value is -1.74. The number of nitrogens with zero attached hydrogens (tertiary/aromatic N) is 1. The Balaban J connectivity index is 1.74. The lowest BCUT2D eigenvalue weighted by Crippen LogP contribution is -2.00. The van der Waals surface area contributed by atoms with Crippen molar-refractivity contribution in [3.05, 3.63) is 59.3 Å². The summed E-state index contributed by atoms with van der Waals surface area (Å²) in [5.74, 6) is 2.12. The van der Waals surface area contributed by atoms with Gasteiger partial charge in [0, 0.05) is 16.0 Å². The number of thioether (sulfide) groups is 1. The summed E-state index contributed by atoms with van der Waals surface area (Å²) >= 11 is 1.78. The Bertz CT molecular complexity index is 786. The second-order valence-electron chi connectivity index (χ2n) is 7.42. The lowest BCUT2D eigenvalue weighted by Gasteiger charge is -2.14. The number of benzene rings is 1. The number of hydrogen-bond donors (Lipinski definition) is 0. The molecular formula is C23H27NOS. The molecule has 0 atom stereocenters. The summed E-state index contributed by atoms with van der Waals surface area (Å²) in [4.78, 5) is 6.21. The maximum absolute atomic E-state index is 5.64. The average Bonchev–Trinajstić information content (AvgIpc) is 3.41. The van der Waals surface area contributed by atoms with Gasteiger partial charge in [-0.05, 0) is 67.5 Å². The molecule has 136 valence electrons. The van der Waals surface area contributed by atoms with Crippen molar-refractivity contribution in [3.8, 4) is 5.88 Å². The first kappa shape index (κ1) is 17.7. The predicted molar refractivity (Wildman–Crippen MR) is 110 cm³/mol. The summed E-state index contributed by atoms with van der Waals surface area (Å²) in [5.41, 5.74) is 4.82. The van der Waals surface area contributed by atoms with Crippen LogP contribution in [0.15, 0.2) is 47.4 Å². The Morgan fingerprint density at radius 1 is 1.04 bits per heavy atom. The zero-order valence-electron chi connectivity index (χ0n) is 15.7. The van der Waals surface area contributed by atoms with Crippen LogP contribution < -0.4 is 4.74 Å². The second kappa shape index (κ2) is 7.87. The molecule has 2 aliphatic carbocycles. The van der Waals surface area contributed by atoms with E-state index >= 15 is 0 Å². The van der Waals surface area contributed by atoms with Crippen LogP contribution in [0.5, 0.6) is 5.88 Å². The molecule has 3 heteroatoms. The van der Waals surface area contributed by atoms with E-state index in [2.05, 4.69) is 48.7 Å². The fourth-order valence-corrected chi connectivity index (χ4v) is 4.34. The highest BCUT2D eigenvalue weighted by molar-refractivity contribution is 7.98. The minimum absolute atomic E-state index is 0.648. The molecule has 1 heterocycles.